The summed E-state index contributed by atoms with van der Waals surface area (Å²) in [5.74, 6) is 0.128. The quantitative estimate of drug-likeness (QED) is 0.661. The number of piperazine rings is 1. The van der Waals surface area contributed by atoms with Crippen molar-refractivity contribution >= 4 is 42.3 Å². The van der Waals surface area contributed by atoms with Crippen LogP contribution in [0, 0.1) is 0 Å². The molecule has 3 N–H and O–H groups in total. The molecular formula is C21H34Cl2N4O2. The predicted molar refractivity (Wildman–Crippen MR) is 122 cm³/mol. The van der Waals surface area contributed by atoms with Crippen LogP contribution in [0.15, 0.2) is 30.3 Å². The lowest BCUT2D eigenvalue weighted by molar-refractivity contribution is -0.132. The fourth-order valence-corrected chi connectivity index (χ4v) is 4.04. The van der Waals surface area contributed by atoms with Crippen molar-refractivity contribution < 1.29 is 9.59 Å². The summed E-state index contributed by atoms with van der Waals surface area (Å²) in [5, 5.41) is 2.94. The van der Waals surface area contributed by atoms with E-state index in [4.69, 9.17) is 5.73 Å². The molecule has 2 fully saturated rings. The molecule has 2 amide bonds. The van der Waals surface area contributed by atoms with Crippen molar-refractivity contribution in [2.75, 3.05) is 37.6 Å². The molecule has 1 heterocycles. The van der Waals surface area contributed by atoms with Crippen LogP contribution in [-0.4, -0.2) is 55.0 Å². The van der Waals surface area contributed by atoms with E-state index in [0.29, 0.717) is 19.4 Å². The number of carbonyl (C=O) groups is 2. The average molecular weight is 445 g/mol. The summed E-state index contributed by atoms with van der Waals surface area (Å²) in [6.45, 7) is 3.76. The van der Waals surface area contributed by atoms with Crippen molar-refractivity contribution in [1.29, 1.82) is 0 Å². The Morgan fingerprint density at radius 2 is 1.59 bits per heavy atom. The summed E-state index contributed by atoms with van der Waals surface area (Å²) in [6, 6.07) is 10.3. The SMILES string of the molecule is Cl.Cl.NC1(C(=O)NCCCC(=O)N2CCN(c3ccccc3)CC2)CCCCC1. The average Bonchev–Trinajstić information content (AvgIpc) is 2.72. The zero-order valence-corrected chi connectivity index (χ0v) is 18.6. The number of para-hydroxylation sites is 1. The van der Waals surface area contributed by atoms with Crippen molar-refractivity contribution in [3.8, 4) is 0 Å². The van der Waals surface area contributed by atoms with Gasteiger partial charge < -0.3 is 20.9 Å². The molecule has 1 aromatic carbocycles. The number of halogens is 2. The van der Waals surface area contributed by atoms with Crippen LogP contribution in [0.4, 0.5) is 5.69 Å². The molecule has 3 rings (SSSR count). The van der Waals surface area contributed by atoms with Gasteiger partial charge in [-0.2, -0.15) is 0 Å². The Balaban J connectivity index is 0.00000210. The number of nitrogens with two attached hydrogens (primary N) is 1. The number of carbonyl (C=O) groups excluding carboxylic acids is 2. The Kier molecular flexibility index (Phi) is 10.8. The van der Waals surface area contributed by atoms with Crippen molar-refractivity contribution in [1.82, 2.24) is 10.2 Å². The van der Waals surface area contributed by atoms with E-state index < -0.39 is 5.54 Å². The molecule has 1 saturated carbocycles. The second-order valence-corrected chi connectivity index (χ2v) is 7.78. The van der Waals surface area contributed by atoms with Gasteiger partial charge in [-0.25, -0.2) is 0 Å². The Morgan fingerprint density at radius 1 is 0.966 bits per heavy atom. The predicted octanol–water partition coefficient (Wildman–Crippen LogP) is 2.74. The molecule has 1 aliphatic heterocycles. The zero-order chi connectivity index (χ0) is 19.1. The first-order valence-corrected chi connectivity index (χ1v) is 10.2. The number of benzene rings is 1. The fraction of sp³-hybridized carbons (Fsp3) is 0.619. The first-order valence-electron chi connectivity index (χ1n) is 10.2. The minimum atomic E-state index is -0.698. The van der Waals surface area contributed by atoms with Crippen LogP contribution in [0.2, 0.25) is 0 Å². The molecule has 8 heteroatoms. The number of nitrogens with zero attached hydrogens (tertiary/aromatic N) is 2. The van der Waals surface area contributed by atoms with Crippen molar-refractivity contribution in [3.63, 3.8) is 0 Å². The van der Waals surface area contributed by atoms with Gasteiger partial charge in [0.15, 0.2) is 0 Å². The van der Waals surface area contributed by atoms with Crippen molar-refractivity contribution in [3.05, 3.63) is 30.3 Å². The van der Waals surface area contributed by atoms with E-state index in [0.717, 1.165) is 58.3 Å². The van der Waals surface area contributed by atoms with Crippen molar-refractivity contribution in [2.24, 2.45) is 5.73 Å². The first kappa shape index (κ1) is 25.5. The lowest BCUT2D eigenvalue weighted by atomic mass is 9.82. The molecule has 1 aromatic rings. The van der Waals surface area contributed by atoms with Gasteiger partial charge in [0, 0.05) is 44.8 Å². The lowest BCUT2D eigenvalue weighted by Crippen LogP contribution is -2.55. The molecule has 0 aromatic heterocycles. The van der Waals surface area contributed by atoms with Crippen LogP contribution in [0.25, 0.3) is 0 Å². The monoisotopic (exact) mass is 444 g/mol. The zero-order valence-electron chi connectivity index (χ0n) is 17.0. The Bertz CT molecular complexity index is 631. The molecule has 1 saturated heterocycles. The highest BCUT2D eigenvalue weighted by Crippen LogP contribution is 2.25. The molecule has 1 aliphatic carbocycles. The largest absolute Gasteiger partial charge is 0.368 e. The normalized spacial score (nSPS) is 18.2. The third-order valence-electron chi connectivity index (χ3n) is 5.80. The Hall–Kier alpha value is -1.50. The molecule has 164 valence electrons. The summed E-state index contributed by atoms with van der Waals surface area (Å²) in [4.78, 5) is 29.0. The standard InChI is InChI=1S/C21H32N4O2.2ClH/c22-21(11-5-2-6-12-21)20(27)23-13-7-10-19(26)25-16-14-24(15-17-25)18-8-3-1-4-9-18;;/h1,3-4,8-9H,2,5-7,10-17,22H2,(H,23,27);2*1H. The third-order valence-corrected chi connectivity index (χ3v) is 5.80. The Morgan fingerprint density at radius 3 is 2.21 bits per heavy atom. The maximum Gasteiger partial charge on any atom is 0.240 e. The summed E-state index contributed by atoms with van der Waals surface area (Å²) in [7, 11) is 0. The van der Waals surface area contributed by atoms with E-state index in [9.17, 15) is 9.59 Å². The fourth-order valence-electron chi connectivity index (χ4n) is 4.04. The number of rotatable bonds is 6. The Labute approximate surface area is 186 Å². The number of amides is 2. The van der Waals surface area contributed by atoms with E-state index in [1.165, 1.54) is 5.69 Å². The van der Waals surface area contributed by atoms with Gasteiger partial charge in [-0.1, -0.05) is 37.5 Å². The summed E-state index contributed by atoms with van der Waals surface area (Å²) in [6.07, 6.45) is 5.89. The van der Waals surface area contributed by atoms with Crippen molar-refractivity contribution in [2.45, 2.75) is 50.5 Å². The van der Waals surface area contributed by atoms with Gasteiger partial charge >= 0.3 is 0 Å². The van der Waals surface area contributed by atoms with Gasteiger partial charge in [0.1, 0.15) is 0 Å². The molecule has 0 radical (unpaired) electrons. The van der Waals surface area contributed by atoms with Gasteiger partial charge in [0.25, 0.3) is 0 Å². The summed E-state index contributed by atoms with van der Waals surface area (Å²) in [5.41, 5.74) is 6.75. The molecule has 29 heavy (non-hydrogen) atoms. The number of hydrogen-bond acceptors (Lipinski definition) is 4. The maximum absolute atomic E-state index is 12.4. The van der Waals surface area contributed by atoms with Crippen LogP contribution in [0.5, 0.6) is 0 Å². The van der Waals surface area contributed by atoms with Crippen LogP contribution in [-0.2, 0) is 9.59 Å². The topological polar surface area (TPSA) is 78.7 Å². The minimum absolute atomic E-state index is 0. The van der Waals surface area contributed by atoms with E-state index >= 15 is 0 Å². The molecule has 6 nitrogen and oxygen atoms in total. The molecule has 0 unspecified atom stereocenters. The number of nitrogens with one attached hydrogen (secondary N) is 1. The molecule has 0 bridgehead atoms. The van der Waals surface area contributed by atoms with Crippen LogP contribution >= 0.6 is 24.8 Å². The van der Waals surface area contributed by atoms with Gasteiger partial charge in [0.05, 0.1) is 5.54 Å². The second-order valence-electron chi connectivity index (χ2n) is 7.78. The molecule has 0 spiro atoms. The molecular weight excluding hydrogens is 411 g/mol. The van der Waals surface area contributed by atoms with E-state index in [-0.39, 0.29) is 36.6 Å². The number of anilines is 1. The van der Waals surface area contributed by atoms with E-state index in [1.807, 2.05) is 23.1 Å². The molecule has 0 atom stereocenters. The maximum atomic E-state index is 12.4. The molecule has 2 aliphatic rings. The van der Waals surface area contributed by atoms with Gasteiger partial charge in [0.2, 0.25) is 11.8 Å². The van der Waals surface area contributed by atoms with Crippen LogP contribution in [0.1, 0.15) is 44.9 Å². The highest BCUT2D eigenvalue weighted by molar-refractivity contribution is 5.86. The van der Waals surface area contributed by atoms with Gasteiger partial charge in [-0.05, 0) is 31.4 Å². The van der Waals surface area contributed by atoms with Crippen LogP contribution < -0.4 is 16.0 Å². The minimum Gasteiger partial charge on any atom is -0.368 e. The number of hydrogen-bond donors (Lipinski definition) is 2. The summed E-state index contributed by atoms with van der Waals surface area (Å²) < 4.78 is 0. The highest BCUT2D eigenvalue weighted by Gasteiger charge is 2.34. The third kappa shape index (κ3) is 7.05. The highest BCUT2D eigenvalue weighted by atomic mass is 35.5. The smallest absolute Gasteiger partial charge is 0.240 e. The second kappa shape index (κ2) is 12.3. The summed E-state index contributed by atoms with van der Waals surface area (Å²) >= 11 is 0. The van der Waals surface area contributed by atoms with Gasteiger partial charge in [-0.15, -0.1) is 24.8 Å². The lowest BCUT2D eigenvalue weighted by Gasteiger charge is -2.36. The van der Waals surface area contributed by atoms with E-state index in [1.54, 1.807) is 0 Å². The van der Waals surface area contributed by atoms with Crippen LogP contribution in [0.3, 0.4) is 0 Å². The van der Waals surface area contributed by atoms with Gasteiger partial charge in [-0.3, -0.25) is 9.59 Å². The van der Waals surface area contributed by atoms with E-state index in [2.05, 4.69) is 22.3 Å². The first-order chi connectivity index (χ1) is 13.1.